The number of rotatable bonds is 3. The average Bonchev–Trinajstić information content (AvgIpc) is 2.27. The van der Waals surface area contributed by atoms with Gasteiger partial charge in [-0.05, 0) is 50.5 Å². The van der Waals surface area contributed by atoms with Crippen LogP contribution in [0.25, 0.3) is 0 Å². The molecule has 0 aliphatic heterocycles. The number of hydrogen-bond acceptors (Lipinski definition) is 1. The van der Waals surface area contributed by atoms with E-state index in [1.165, 1.54) is 16.7 Å². The molecule has 0 aliphatic carbocycles. The molecule has 0 unspecified atom stereocenters. The Morgan fingerprint density at radius 2 is 1.45 bits per heavy atom. The maximum atomic E-state index is 4.92. The third-order valence-electron chi connectivity index (χ3n) is 2.42. The van der Waals surface area contributed by atoms with E-state index in [1.54, 1.807) is 13.8 Å². The number of allylic oxidation sites excluding steroid dienone is 7. The molecule has 0 fully saturated rings. The molecule has 1 nitrogen and oxygen atoms in total. The molecule has 0 atom stereocenters. The molecule has 0 amide bonds. The maximum Gasteiger partial charge on any atom is 1.00 e. The summed E-state index contributed by atoms with van der Waals surface area (Å²) in [5, 5.41) is 0. The molecule has 0 aromatic rings. The second-order valence-electron chi connectivity index (χ2n) is 4.75. The Bertz CT molecular complexity index is 329. The van der Waals surface area contributed by atoms with Crippen LogP contribution in [0.5, 0.6) is 0 Å². The zero-order valence-electron chi connectivity index (χ0n) is 14.9. The van der Waals surface area contributed by atoms with Gasteiger partial charge in [0, 0.05) is 0 Å². The first-order chi connectivity index (χ1) is 8.65. The van der Waals surface area contributed by atoms with E-state index in [1.807, 2.05) is 6.08 Å². The van der Waals surface area contributed by atoms with E-state index >= 15 is 0 Å². The molecule has 0 saturated carbocycles. The SMILES string of the molecule is C=C(C)N.C=C/C=C(C)\C(C)=C(/C)C(C)C.C=[C-]C.[Na+]. The summed E-state index contributed by atoms with van der Waals surface area (Å²) < 4.78 is 0. The van der Waals surface area contributed by atoms with Crippen molar-refractivity contribution >= 4 is 0 Å². The summed E-state index contributed by atoms with van der Waals surface area (Å²) in [6, 6.07) is 0. The predicted molar refractivity (Wildman–Crippen MR) is 90.7 cm³/mol. The van der Waals surface area contributed by atoms with Crippen molar-refractivity contribution in [1.82, 2.24) is 0 Å². The van der Waals surface area contributed by atoms with E-state index < -0.39 is 0 Å². The van der Waals surface area contributed by atoms with Crippen LogP contribution in [0, 0.1) is 12.0 Å². The summed E-state index contributed by atoms with van der Waals surface area (Å²) in [4.78, 5) is 0. The molecule has 2 N–H and O–H groups in total. The quantitative estimate of drug-likeness (QED) is 0.481. The molecule has 110 valence electrons. The van der Waals surface area contributed by atoms with E-state index in [0.717, 1.165) is 0 Å². The van der Waals surface area contributed by atoms with E-state index in [9.17, 15) is 0 Å². The summed E-state index contributed by atoms with van der Waals surface area (Å²) in [5.74, 6) is 0.637. The van der Waals surface area contributed by atoms with Gasteiger partial charge in [0.2, 0.25) is 0 Å². The Kier molecular flexibility index (Phi) is 25.7. The van der Waals surface area contributed by atoms with Gasteiger partial charge in [-0.3, -0.25) is 6.58 Å². The molecule has 0 aliphatic rings. The topological polar surface area (TPSA) is 26.0 Å². The van der Waals surface area contributed by atoms with Crippen LogP contribution in [-0.2, 0) is 0 Å². The van der Waals surface area contributed by atoms with Crippen molar-refractivity contribution in [3.05, 3.63) is 60.4 Å². The Morgan fingerprint density at radius 1 is 1.15 bits per heavy atom. The molecule has 0 spiro atoms. The van der Waals surface area contributed by atoms with Crippen molar-refractivity contribution in [2.45, 2.75) is 48.5 Å². The molecular formula is C18H32NNa. The van der Waals surface area contributed by atoms with Crippen LogP contribution in [0.1, 0.15) is 48.5 Å². The number of nitrogens with two attached hydrogens (primary N) is 1. The molecule has 0 saturated heterocycles. The van der Waals surface area contributed by atoms with Gasteiger partial charge in [-0.25, -0.2) is 0 Å². The smallest absolute Gasteiger partial charge is 0.507 e. The number of hydrogen-bond donors (Lipinski definition) is 1. The minimum Gasteiger partial charge on any atom is -0.507 e. The zero-order valence-corrected chi connectivity index (χ0v) is 16.9. The minimum atomic E-state index is 0. The second kappa shape index (κ2) is 18.5. The van der Waals surface area contributed by atoms with Gasteiger partial charge < -0.3 is 11.8 Å². The van der Waals surface area contributed by atoms with Crippen LogP contribution in [0.4, 0.5) is 0 Å². The van der Waals surface area contributed by atoms with Crippen molar-refractivity contribution in [3.63, 3.8) is 0 Å². The predicted octanol–water partition coefficient (Wildman–Crippen LogP) is 2.59. The summed E-state index contributed by atoms with van der Waals surface area (Å²) in [5.41, 5.74) is 9.76. The van der Waals surface area contributed by atoms with Gasteiger partial charge >= 0.3 is 29.6 Å². The van der Waals surface area contributed by atoms with Gasteiger partial charge in [0.05, 0.1) is 0 Å². The molecule has 0 bridgehead atoms. The Hall–Kier alpha value is -0.500. The van der Waals surface area contributed by atoms with Crippen LogP contribution in [0.2, 0.25) is 0 Å². The first-order valence-electron chi connectivity index (χ1n) is 6.47. The zero-order chi connectivity index (χ0) is 16.0. The van der Waals surface area contributed by atoms with Gasteiger partial charge in [-0.2, -0.15) is 6.92 Å². The van der Waals surface area contributed by atoms with Crippen molar-refractivity contribution < 1.29 is 29.6 Å². The summed E-state index contributed by atoms with van der Waals surface area (Å²) in [6.07, 6.45) is 6.40. The standard InChI is InChI=1S/C12H20.C3H7N.C3H5.Na/c1-7-8-10(4)12(6)11(5)9(2)3;1-3(2)4;1-3-2;/h7-9H,1H2,2-6H3;1,4H2,2H3;1H2,2H3;/q;;-1;+1/b10-8-,12-11+;;;. The van der Waals surface area contributed by atoms with Gasteiger partial charge in [-0.15, -0.1) is 0 Å². The largest absolute Gasteiger partial charge is 1.00 e. The molecule has 0 heterocycles. The monoisotopic (exact) mass is 285 g/mol. The van der Waals surface area contributed by atoms with Crippen LogP contribution in [0.15, 0.2) is 54.3 Å². The molecule has 0 radical (unpaired) electrons. The van der Waals surface area contributed by atoms with Crippen LogP contribution >= 0.6 is 0 Å². The van der Waals surface area contributed by atoms with Crippen LogP contribution in [-0.4, -0.2) is 0 Å². The molecular weight excluding hydrogens is 253 g/mol. The summed E-state index contributed by atoms with van der Waals surface area (Å²) in [7, 11) is 0. The van der Waals surface area contributed by atoms with Crippen LogP contribution in [0.3, 0.4) is 0 Å². The third-order valence-corrected chi connectivity index (χ3v) is 2.42. The first-order valence-corrected chi connectivity index (χ1v) is 6.47. The molecule has 0 rings (SSSR count). The average molecular weight is 285 g/mol. The van der Waals surface area contributed by atoms with Gasteiger partial charge in [0.1, 0.15) is 0 Å². The van der Waals surface area contributed by atoms with E-state index in [0.29, 0.717) is 11.6 Å². The van der Waals surface area contributed by atoms with E-state index in [-0.39, 0.29) is 29.6 Å². The Morgan fingerprint density at radius 3 is 1.65 bits per heavy atom. The Labute approximate surface area is 149 Å². The van der Waals surface area contributed by atoms with Crippen molar-refractivity contribution in [2.24, 2.45) is 11.7 Å². The van der Waals surface area contributed by atoms with Gasteiger partial charge in [0.25, 0.3) is 0 Å². The summed E-state index contributed by atoms with van der Waals surface area (Å²) in [6.45, 7) is 24.7. The van der Waals surface area contributed by atoms with Gasteiger partial charge in [-0.1, -0.05) is 44.7 Å². The van der Waals surface area contributed by atoms with Crippen molar-refractivity contribution in [3.8, 4) is 0 Å². The normalized spacial score (nSPS) is 10.7. The fraction of sp³-hybridized carbons (Fsp3) is 0.444. The first kappa shape index (κ1) is 27.8. The maximum absolute atomic E-state index is 4.92. The molecule has 0 aromatic heterocycles. The molecule has 0 aromatic carbocycles. The third kappa shape index (κ3) is 22.7. The van der Waals surface area contributed by atoms with Gasteiger partial charge in [0.15, 0.2) is 0 Å². The van der Waals surface area contributed by atoms with E-state index in [2.05, 4.69) is 66.5 Å². The molecule has 2 heteroatoms. The van der Waals surface area contributed by atoms with Crippen LogP contribution < -0.4 is 35.3 Å². The minimum absolute atomic E-state index is 0. The van der Waals surface area contributed by atoms with Crippen molar-refractivity contribution in [2.75, 3.05) is 0 Å². The second-order valence-corrected chi connectivity index (χ2v) is 4.75. The molecule has 20 heavy (non-hydrogen) atoms. The van der Waals surface area contributed by atoms with E-state index in [4.69, 9.17) is 5.73 Å². The van der Waals surface area contributed by atoms with Crippen molar-refractivity contribution in [1.29, 1.82) is 0 Å². The fourth-order valence-corrected chi connectivity index (χ4v) is 1.05. The fourth-order valence-electron chi connectivity index (χ4n) is 1.05. The summed E-state index contributed by atoms with van der Waals surface area (Å²) >= 11 is 0. The Balaban J connectivity index is -0.000000134.